The van der Waals surface area contributed by atoms with Gasteiger partial charge in [-0.3, -0.25) is 0 Å². The van der Waals surface area contributed by atoms with Gasteiger partial charge in [-0.15, -0.1) is 0 Å². The highest BCUT2D eigenvalue weighted by Crippen LogP contribution is 2.24. The Kier molecular flexibility index (Phi) is 4.40. The van der Waals surface area contributed by atoms with Gasteiger partial charge in [0.1, 0.15) is 11.9 Å². The van der Waals surface area contributed by atoms with Gasteiger partial charge in [-0.1, -0.05) is 11.6 Å². The zero-order chi connectivity index (χ0) is 17.1. The summed E-state index contributed by atoms with van der Waals surface area (Å²) in [6.07, 6.45) is 4.59. The maximum absolute atomic E-state index is 13.5. The van der Waals surface area contributed by atoms with E-state index in [1.54, 1.807) is 0 Å². The summed E-state index contributed by atoms with van der Waals surface area (Å²) in [5.74, 6) is -1.58. The molecular formula is C16H8ClF2N5. The lowest BCUT2D eigenvalue weighted by atomic mass is 10.0. The maximum atomic E-state index is 13.5. The number of hydrogen-bond donors (Lipinski definition) is 0. The maximum Gasteiger partial charge on any atom is 0.232 e. The molecule has 3 aromatic rings. The number of rotatable bonds is 3. The molecule has 2 aromatic heterocycles. The number of hydrogen-bond acceptors (Lipinski definition) is 5. The molecule has 0 bridgehead atoms. The lowest BCUT2D eigenvalue weighted by Gasteiger charge is -2.08. The van der Waals surface area contributed by atoms with Crippen molar-refractivity contribution in [2.45, 2.75) is 6.42 Å². The van der Waals surface area contributed by atoms with Crippen LogP contribution in [0.5, 0.6) is 0 Å². The smallest absolute Gasteiger partial charge is 0.232 e. The van der Waals surface area contributed by atoms with Gasteiger partial charge in [-0.25, -0.2) is 28.7 Å². The van der Waals surface area contributed by atoms with Gasteiger partial charge < -0.3 is 0 Å². The van der Waals surface area contributed by atoms with Gasteiger partial charge in [0, 0.05) is 36.1 Å². The Morgan fingerprint density at radius 2 is 1.79 bits per heavy atom. The number of aromatic nitrogens is 4. The van der Waals surface area contributed by atoms with Crippen LogP contribution in [0.3, 0.4) is 0 Å². The second-order valence-corrected chi connectivity index (χ2v) is 5.24. The first kappa shape index (κ1) is 15.9. The average molecular weight is 344 g/mol. The Bertz CT molecular complexity index is 938. The van der Waals surface area contributed by atoms with E-state index in [2.05, 4.69) is 19.9 Å². The van der Waals surface area contributed by atoms with Crippen molar-refractivity contribution in [3.8, 4) is 17.3 Å². The third kappa shape index (κ3) is 3.34. The molecule has 0 unspecified atom stereocenters. The summed E-state index contributed by atoms with van der Waals surface area (Å²) in [7, 11) is 0. The molecule has 0 atom stereocenters. The molecule has 3 rings (SSSR count). The number of halogens is 3. The van der Waals surface area contributed by atoms with Crippen molar-refractivity contribution in [1.82, 2.24) is 19.9 Å². The van der Waals surface area contributed by atoms with Crippen molar-refractivity contribution in [2.75, 3.05) is 0 Å². The second kappa shape index (κ2) is 6.64. The monoisotopic (exact) mass is 343 g/mol. The average Bonchev–Trinajstić information content (AvgIpc) is 2.60. The first-order valence-corrected chi connectivity index (χ1v) is 7.12. The van der Waals surface area contributed by atoms with E-state index in [4.69, 9.17) is 16.9 Å². The molecular weight excluding hydrogens is 336 g/mol. The van der Waals surface area contributed by atoms with E-state index in [1.807, 2.05) is 6.07 Å². The minimum Gasteiger partial charge on any atom is -0.239 e. The number of nitriles is 1. The molecule has 0 aliphatic heterocycles. The quantitative estimate of drug-likeness (QED) is 0.729. The van der Waals surface area contributed by atoms with Crippen molar-refractivity contribution in [3.05, 3.63) is 70.7 Å². The van der Waals surface area contributed by atoms with Gasteiger partial charge in [0.15, 0.2) is 11.6 Å². The van der Waals surface area contributed by atoms with E-state index in [1.165, 1.54) is 24.7 Å². The summed E-state index contributed by atoms with van der Waals surface area (Å²) in [5.41, 5.74) is 1.22. The van der Waals surface area contributed by atoms with Crippen LogP contribution in [0.4, 0.5) is 8.78 Å². The molecule has 0 aliphatic carbocycles. The highest BCUT2D eigenvalue weighted by atomic mass is 35.5. The Labute approximate surface area is 140 Å². The molecule has 118 valence electrons. The van der Waals surface area contributed by atoms with Gasteiger partial charge in [-0.2, -0.15) is 5.26 Å². The molecule has 0 saturated heterocycles. The molecule has 0 radical (unpaired) electrons. The fourth-order valence-electron chi connectivity index (χ4n) is 2.08. The number of nitrogens with zero attached hydrogens (tertiary/aromatic N) is 5. The van der Waals surface area contributed by atoms with Crippen molar-refractivity contribution in [3.63, 3.8) is 0 Å². The minimum absolute atomic E-state index is 0.0736. The highest BCUT2D eigenvalue weighted by molar-refractivity contribution is 6.30. The molecule has 0 amide bonds. The molecule has 2 heterocycles. The van der Waals surface area contributed by atoms with E-state index in [0.717, 1.165) is 12.1 Å². The Morgan fingerprint density at radius 1 is 1.04 bits per heavy atom. The molecule has 24 heavy (non-hydrogen) atoms. The van der Waals surface area contributed by atoms with Gasteiger partial charge in [0.05, 0.1) is 10.7 Å². The van der Waals surface area contributed by atoms with Crippen LogP contribution in [0.15, 0.2) is 36.8 Å². The van der Waals surface area contributed by atoms with E-state index >= 15 is 0 Å². The Hall–Kier alpha value is -2.98. The van der Waals surface area contributed by atoms with Crippen LogP contribution in [0.2, 0.25) is 5.02 Å². The van der Waals surface area contributed by atoms with Gasteiger partial charge in [0.2, 0.25) is 5.82 Å². The predicted molar refractivity (Wildman–Crippen MR) is 81.9 cm³/mol. The van der Waals surface area contributed by atoms with Crippen molar-refractivity contribution in [1.29, 1.82) is 5.26 Å². The molecule has 0 spiro atoms. The zero-order valence-electron chi connectivity index (χ0n) is 12.0. The second-order valence-electron chi connectivity index (χ2n) is 4.80. The molecule has 0 fully saturated rings. The van der Waals surface area contributed by atoms with Crippen LogP contribution in [0.25, 0.3) is 11.3 Å². The third-order valence-corrected chi connectivity index (χ3v) is 3.38. The fourth-order valence-corrected chi connectivity index (χ4v) is 2.18. The summed E-state index contributed by atoms with van der Waals surface area (Å²) in [6.45, 7) is 0. The summed E-state index contributed by atoms with van der Waals surface area (Å²) < 4.78 is 26.7. The molecule has 0 aliphatic rings. The summed E-state index contributed by atoms with van der Waals surface area (Å²) >= 11 is 5.75. The van der Waals surface area contributed by atoms with Crippen molar-refractivity contribution >= 4 is 11.6 Å². The molecule has 0 saturated carbocycles. The molecule has 0 N–H and O–H groups in total. The van der Waals surface area contributed by atoms with Crippen LogP contribution in [-0.2, 0) is 6.42 Å². The van der Waals surface area contributed by atoms with E-state index in [-0.39, 0.29) is 12.2 Å². The SMILES string of the molecule is N#Cc1ncc(Cc2ncc(Cl)cn2)c(-c2ccc(F)c(F)c2)n1. The molecule has 5 nitrogen and oxygen atoms in total. The first-order chi connectivity index (χ1) is 11.6. The predicted octanol–water partition coefficient (Wildman–Crippen LogP) is 3.33. The standard InChI is InChI=1S/C16H8ClF2N5/c17-11-7-22-14(23-8-11)4-10-6-21-15(5-20)24-16(10)9-1-2-12(18)13(19)3-9/h1-3,6-8H,4H2. The lowest BCUT2D eigenvalue weighted by Crippen LogP contribution is -2.03. The molecule has 1 aromatic carbocycles. The largest absolute Gasteiger partial charge is 0.239 e. The zero-order valence-corrected chi connectivity index (χ0v) is 12.8. The highest BCUT2D eigenvalue weighted by Gasteiger charge is 2.14. The van der Waals surface area contributed by atoms with E-state index in [9.17, 15) is 8.78 Å². The Balaban J connectivity index is 2.07. The topological polar surface area (TPSA) is 75.3 Å². The Morgan fingerprint density at radius 3 is 2.46 bits per heavy atom. The minimum atomic E-state index is -1.00. The summed E-state index contributed by atoms with van der Waals surface area (Å²) in [5, 5.41) is 9.37. The van der Waals surface area contributed by atoms with E-state index in [0.29, 0.717) is 27.7 Å². The van der Waals surface area contributed by atoms with Crippen molar-refractivity contribution < 1.29 is 8.78 Å². The summed E-state index contributed by atoms with van der Waals surface area (Å²) in [4.78, 5) is 16.2. The van der Waals surface area contributed by atoms with Gasteiger partial charge >= 0.3 is 0 Å². The lowest BCUT2D eigenvalue weighted by molar-refractivity contribution is 0.509. The van der Waals surface area contributed by atoms with Gasteiger partial charge in [0.25, 0.3) is 0 Å². The first-order valence-electron chi connectivity index (χ1n) is 6.74. The fraction of sp³-hybridized carbons (Fsp3) is 0.0625. The third-order valence-electron chi connectivity index (χ3n) is 3.18. The summed E-state index contributed by atoms with van der Waals surface area (Å²) in [6, 6.07) is 5.23. The number of benzene rings is 1. The van der Waals surface area contributed by atoms with Crippen LogP contribution < -0.4 is 0 Å². The van der Waals surface area contributed by atoms with Crippen LogP contribution in [-0.4, -0.2) is 19.9 Å². The van der Waals surface area contributed by atoms with Crippen LogP contribution >= 0.6 is 11.6 Å². The normalized spacial score (nSPS) is 10.4. The van der Waals surface area contributed by atoms with Crippen molar-refractivity contribution in [2.24, 2.45) is 0 Å². The molecule has 8 heteroatoms. The van der Waals surface area contributed by atoms with Crippen LogP contribution in [0.1, 0.15) is 17.2 Å². The van der Waals surface area contributed by atoms with Gasteiger partial charge in [-0.05, 0) is 18.2 Å². The van der Waals surface area contributed by atoms with E-state index < -0.39 is 11.6 Å². The van der Waals surface area contributed by atoms with Crippen LogP contribution in [0, 0.1) is 23.0 Å².